The van der Waals surface area contributed by atoms with E-state index >= 15 is 19.2 Å². The normalized spacial score (nSPS) is 28.1. The summed E-state index contributed by atoms with van der Waals surface area (Å²) in [5, 5.41) is 34.7. The molecule has 0 aromatic heterocycles. The Morgan fingerprint density at radius 3 is 1.55 bits per heavy atom. The first-order valence-electron chi connectivity index (χ1n) is 49.5. The minimum absolute atomic E-state index is 0.0108. The molecule has 37 nitrogen and oxygen atoms in total. The summed E-state index contributed by atoms with van der Waals surface area (Å²) in [6.07, 6.45) is 8.60. The second-order valence-electron chi connectivity index (χ2n) is 41.5. The van der Waals surface area contributed by atoms with Crippen molar-refractivity contribution in [3.63, 3.8) is 0 Å². The molecule has 4 aliphatic carbocycles. The number of allylic oxidation sites excluding steroid dienone is 6. The molecule has 10 unspecified atom stereocenters. The van der Waals surface area contributed by atoms with Gasteiger partial charge < -0.3 is 94.2 Å². The Kier molecular flexibility index (Phi) is 46.3. The molecule has 4 fully saturated rings. The van der Waals surface area contributed by atoms with Gasteiger partial charge >= 0.3 is 30.0 Å². The van der Waals surface area contributed by atoms with Gasteiger partial charge in [-0.2, -0.15) is 0 Å². The third-order valence-corrected chi connectivity index (χ3v) is 28.3. The number of ketones is 2. The molecule has 19 atom stereocenters. The fourth-order valence-electron chi connectivity index (χ4n) is 20.1. The van der Waals surface area contributed by atoms with Gasteiger partial charge in [0.25, 0.3) is 0 Å². The van der Waals surface area contributed by atoms with E-state index in [1.165, 1.54) is 82.8 Å². The van der Waals surface area contributed by atoms with Crippen LogP contribution in [-0.4, -0.2) is 312 Å². The van der Waals surface area contributed by atoms with Crippen LogP contribution in [0.1, 0.15) is 266 Å². The molecule has 0 bridgehead atoms. The van der Waals surface area contributed by atoms with Gasteiger partial charge in [0, 0.05) is 78.9 Å². The summed E-state index contributed by atoms with van der Waals surface area (Å²) in [6.45, 7) is 30.7. The molecule has 6 N–H and O–H groups in total. The molecule has 5 rings (SSSR count). The van der Waals surface area contributed by atoms with Crippen LogP contribution in [0.25, 0.3) is 0 Å². The first-order chi connectivity index (χ1) is 64.5. The van der Waals surface area contributed by atoms with Gasteiger partial charge in [-0.3, -0.25) is 81.5 Å². The summed E-state index contributed by atoms with van der Waals surface area (Å²) in [5.41, 5.74) is -2.37. The van der Waals surface area contributed by atoms with E-state index < -0.39 is 228 Å². The first-order valence-corrected chi connectivity index (χ1v) is 49.5. The molecule has 1 heterocycles. The number of hydrogen-bond donors (Lipinski definition) is 6. The standard InChI is InChI=1S/C101H163N11O26/c1-27-29-36-64(15)87(138-98(131)137-57-136-80(118)38-33-31-34-47-133-79(117)37-32-30-35-48-134-81(119)41-42-82(120)135-56-77(115)101(132)46-44-70-69-40-39-67-53-68(113)43-45-99(67,18)83(69)76(114)54-100(70,101)19)86-91(124)104-71(28-2)93(126)106(20)55-78(116)107(21)72(49-58(3)4)90(123)105-84(62(11)12)96(129)108(22)73(50-59(5)6)89(122)102-65(16)88(121)103-66(17)92(125)109(23)74(51-60(7)8)94(127)110(24)75(52-61(9)10)95(128)111(25)85(63(13)14)97(130)112(86)26/h27,29,43,45,53,58-66,69-76,83-87,114,132H,28,30-42,44,46-52,54-57H2,1-26H3,(H,102,122)(H,103,121)(H,104,124)(H,105,123)/b29-27+/t64-,65?,66?,69?,70?,71?,72+,73-,74-,75?,76+,83?,84?,85-,86?,87?,99+,100+,101+/m1/s1. The number of likely N-dealkylation sites (N-methyl/N-ethyl adjacent to an activating group) is 7. The zero-order valence-electron chi connectivity index (χ0n) is 86.8. The molecule has 11 amide bonds. The Balaban J connectivity index is 1.28. The number of fused-ring (bicyclic) bond motifs is 5. The van der Waals surface area contributed by atoms with Gasteiger partial charge in [-0.25, -0.2) is 4.79 Å². The molecule has 0 aromatic carbocycles. The van der Waals surface area contributed by atoms with Crippen LogP contribution in [0.5, 0.6) is 0 Å². The SMILES string of the molecule is C/C=C/C[C@@H](C)C(OC(=O)OCOC(=O)CCCCCOC(=O)CCCCCOC(=O)CCC(=O)OCC(=O)[C@@]1(O)CCC2C3CCC4=CC(=O)C=C[C@]4(C)C3[C@@H](O)C[C@@]21C)C1C(=O)NC(CC)C(=O)N(C)CC(=O)N(C)[C@@H](CC(C)C)C(=O)NC(C(C)C)C(=O)N(C)[C@H](CC(C)C)C(=O)NC(C)C(=O)NC(C)C(=O)N(C)[C@H](CC(C)C)C(=O)N(C)C(CC(C)C)C(=O)N(C)[C@H](C(C)C)C(=O)N1C. The van der Waals surface area contributed by atoms with E-state index in [0.29, 0.717) is 51.4 Å². The summed E-state index contributed by atoms with van der Waals surface area (Å²) in [5.74, 6) is -15.4. The minimum Gasteiger partial charge on any atom is -0.466 e. The lowest BCUT2D eigenvalue weighted by Crippen LogP contribution is -2.64. The predicted octanol–water partition coefficient (Wildman–Crippen LogP) is 8.04. The molecular weight excluding hydrogens is 1780 g/mol. The summed E-state index contributed by atoms with van der Waals surface area (Å²) in [6, 6.07) is -13.6. The summed E-state index contributed by atoms with van der Waals surface area (Å²) in [7, 11) is 9.52. The third-order valence-electron chi connectivity index (χ3n) is 28.3. The number of carbonyl (C=O) groups is 18. The molecule has 0 aromatic rings. The summed E-state index contributed by atoms with van der Waals surface area (Å²) < 4.78 is 32.6. The van der Waals surface area contributed by atoms with Crippen LogP contribution < -0.4 is 21.3 Å². The van der Waals surface area contributed by atoms with Gasteiger partial charge in [0.2, 0.25) is 77.6 Å². The number of nitrogens with zero attached hydrogens (tertiary/aromatic N) is 7. The highest BCUT2D eigenvalue weighted by Gasteiger charge is 2.68. The fraction of sp³-hybridized carbons (Fsp3) is 0.762. The maximum Gasteiger partial charge on any atom is 0.511 e. The molecule has 138 heavy (non-hydrogen) atoms. The van der Waals surface area contributed by atoms with Crippen molar-refractivity contribution >= 4 is 107 Å². The molecule has 0 spiro atoms. The topological polar surface area (TPSA) is 474 Å². The van der Waals surface area contributed by atoms with Crippen molar-refractivity contribution < 1.29 is 125 Å². The molecule has 5 aliphatic rings. The number of ether oxygens (including phenoxy) is 6. The summed E-state index contributed by atoms with van der Waals surface area (Å²) >= 11 is 0. The monoisotopic (exact) mass is 1950 g/mol. The van der Waals surface area contributed by atoms with E-state index in [-0.39, 0.29) is 144 Å². The lowest BCUT2D eigenvalue weighted by atomic mass is 9.46. The fourth-order valence-corrected chi connectivity index (χ4v) is 20.1. The average Bonchev–Trinajstić information content (AvgIpc) is 1.50. The number of unbranched alkanes of at least 4 members (excludes halogenated alkanes) is 4. The van der Waals surface area contributed by atoms with E-state index in [0.717, 1.165) is 20.3 Å². The average molecular weight is 1950 g/mol. The van der Waals surface area contributed by atoms with Crippen molar-refractivity contribution in [2.24, 2.45) is 70.0 Å². The number of esters is 4. The second kappa shape index (κ2) is 54.0. The number of aliphatic hydroxyl groups is 2. The van der Waals surface area contributed by atoms with Gasteiger partial charge in [0.1, 0.15) is 72.1 Å². The number of amides is 11. The predicted molar refractivity (Wildman–Crippen MR) is 512 cm³/mol. The highest BCUT2D eigenvalue weighted by molar-refractivity contribution is 6.02. The quantitative estimate of drug-likeness (QED) is 0.0114. The Hall–Kier alpha value is -10.2. The van der Waals surface area contributed by atoms with Gasteiger partial charge in [-0.1, -0.05) is 135 Å². The van der Waals surface area contributed by atoms with E-state index in [2.05, 4.69) is 21.3 Å². The molecule has 3 saturated carbocycles. The molecule has 778 valence electrons. The van der Waals surface area contributed by atoms with E-state index in [4.69, 9.17) is 28.4 Å². The Morgan fingerprint density at radius 2 is 1.01 bits per heavy atom. The number of rotatable bonds is 36. The van der Waals surface area contributed by atoms with Crippen LogP contribution in [0.2, 0.25) is 0 Å². The number of carbonyl (C=O) groups excluding carboxylic acids is 18. The van der Waals surface area contributed by atoms with Gasteiger partial charge in [-0.05, 0) is 195 Å². The third kappa shape index (κ3) is 31.7. The smallest absolute Gasteiger partial charge is 0.466 e. The maximum absolute atomic E-state index is 15.9. The maximum atomic E-state index is 15.9. The van der Waals surface area contributed by atoms with Crippen molar-refractivity contribution in [1.29, 1.82) is 0 Å². The van der Waals surface area contributed by atoms with Crippen molar-refractivity contribution in [2.75, 3.05) is 82.5 Å². The second-order valence-corrected chi connectivity index (χ2v) is 41.5. The number of hydrogen-bond acceptors (Lipinski definition) is 26. The van der Waals surface area contributed by atoms with Crippen molar-refractivity contribution in [3.8, 4) is 0 Å². The zero-order valence-corrected chi connectivity index (χ0v) is 86.8. The molecule has 0 radical (unpaired) electrons. The van der Waals surface area contributed by atoms with Crippen molar-refractivity contribution in [2.45, 2.75) is 345 Å². The van der Waals surface area contributed by atoms with E-state index in [1.807, 2.05) is 75.3 Å². The zero-order chi connectivity index (χ0) is 104. The highest BCUT2D eigenvalue weighted by Crippen LogP contribution is 2.67. The molecule has 1 saturated heterocycles. The van der Waals surface area contributed by atoms with Crippen molar-refractivity contribution in [3.05, 3.63) is 36.0 Å². The van der Waals surface area contributed by atoms with Crippen LogP contribution in [0, 0.1) is 70.0 Å². The number of aliphatic hydroxyl groups excluding tert-OH is 1. The van der Waals surface area contributed by atoms with Crippen LogP contribution in [0.15, 0.2) is 36.0 Å². The largest absolute Gasteiger partial charge is 0.511 e. The van der Waals surface area contributed by atoms with Gasteiger partial charge in [0.15, 0.2) is 12.4 Å². The first kappa shape index (κ1) is 118. The Bertz CT molecular complexity index is 4350. The lowest BCUT2D eigenvalue weighted by Gasteiger charge is -2.59. The van der Waals surface area contributed by atoms with Gasteiger partial charge in [0.05, 0.1) is 38.7 Å². The van der Waals surface area contributed by atoms with Crippen molar-refractivity contribution in [1.82, 2.24) is 55.6 Å². The number of nitrogens with one attached hydrogen (secondary N) is 4. The highest BCUT2D eigenvalue weighted by atomic mass is 16.8. The van der Waals surface area contributed by atoms with Crippen LogP contribution in [-0.2, 0) is 110 Å². The molecular formula is C101H163N11O26. The minimum atomic E-state index is -1.89. The van der Waals surface area contributed by atoms with Crippen LogP contribution in [0.3, 0.4) is 0 Å². The summed E-state index contributed by atoms with van der Waals surface area (Å²) in [4.78, 5) is 264. The lowest BCUT2D eigenvalue weighted by molar-refractivity contribution is -0.181. The molecule has 37 heteroatoms. The van der Waals surface area contributed by atoms with Crippen LogP contribution >= 0.6 is 0 Å². The Labute approximate surface area is 816 Å². The van der Waals surface area contributed by atoms with E-state index in [1.54, 1.807) is 72.8 Å². The molecule has 1 aliphatic heterocycles. The van der Waals surface area contributed by atoms with Crippen LogP contribution in [0.4, 0.5) is 4.79 Å². The van der Waals surface area contributed by atoms with Gasteiger partial charge in [-0.15, -0.1) is 0 Å². The Morgan fingerprint density at radius 1 is 0.522 bits per heavy atom. The number of Topliss-reactive ketones (excluding diaryl/α,β-unsaturated/α-hetero) is 1. The van der Waals surface area contributed by atoms with E-state index in [9.17, 15) is 77.3 Å².